The van der Waals surface area contributed by atoms with Gasteiger partial charge in [0, 0.05) is 0 Å². The molecule has 1 amide bonds. The van der Waals surface area contributed by atoms with Crippen LogP contribution in [0, 0.1) is 50.2 Å². The summed E-state index contributed by atoms with van der Waals surface area (Å²) in [4.78, 5) is 37.4. The first-order valence-electron chi connectivity index (χ1n) is 16.0. The van der Waals surface area contributed by atoms with Crippen LogP contribution < -0.4 is 5.32 Å². The highest BCUT2D eigenvalue weighted by molar-refractivity contribution is 5.90. The van der Waals surface area contributed by atoms with E-state index >= 15 is 0 Å². The van der Waals surface area contributed by atoms with Gasteiger partial charge in [-0.25, -0.2) is 4.79 Å². The number of nitrogens with one attached hydrogen (secondary N) is 1. The topological polar surface area (TPSA) is 124 Å². The molecule has 5 aliphatic carbocycles. The van der Waals surface area contributed by atoms with Crippen molar-refractivity contribution in [1.82, 2.24) is 5.32 Å². The molecule has 0 aromatic carbocycles. The number of hydrogen-bond acceptors (Lipinski definition) is 4. The van der Waals surface area contributed by atoms with Gasteiger partial charge in [-0.1, -0.05) is 60.1 Å². The quantitative estimate of drug-likeness (QED) is 0.292. The first-order valence-corrected chi connectivity index (χ1v) is 16.0. The summed E-state index contributed by atoms with van der Waals surface area (Å²) >= 11 is 0. The van der Waals surface area contributed by atoms with Gasteiger partial charge in [0.15, 0.2) is 0 Å². The lowest BCUT2D eigenvalue weighted by molar-refractivity contribution is -0.203. The summed E-state index contributed by atoms with van der Waals surface area (Å²) < 4.78 is 0. The molecule has 0 aromatic rings. The monoisotopic (exact) mass is 571 g/mol. The fourth-order valence-electron chi connectivity index (χ4n) is 11.3. The van der Waals surface area contributed by atoms with E-state index in [2.05, 4.69) is 59.9 Å². The van der Waals surface area contributed by atoms with E-state index in [9.17, 15) is 29.7 Å². The van der Waals surface area contributed by atoms with Crippen LogP contribution in [0.5, 0.6) is 0 Å². The Balaban J connectivity index is 1.54. The van der Waals surface area contributed by atoms with Crippen LogP contribution in [0.25, 0.3) is 0 Å². The highest BCUT2D eigenvalue weighted by Gasteiger charge is 2.69. The van der Waals surface area contributed by atoms with Crippen LogP contribution in [0.15, 0.2) is 11.6 Å². The predicted molar refractivity (Wildman–Crippen MR) is 157 cm³/mol. The van der Waals surface area contributed by atoms with E-state index in [1.54, 1.807) is 0 Å². The average Bonchev–Trinajstić information content (AvgIpc) is 2.86. The number of rotatable bonds is 5. The van der Waals surface area contributed by atoms with Gasteiger partial charge in [0.1, 0.15) is 6.04 Å². The summed E-state index contributed by atoms with van der Waals surface area (Å²) in [6.07, 6.45) is 10.7. The number of carboxylic acids is 2. The van der Waals surface area contributed by atoms with Crippen LogP contribution in [0.3, 0.4) is 0 Å². The SMILES string of the molecule is CC1(C)CC[C@]2(C(=O)N[C@@H](CC(=O)O)C(=O)O)CC[C@]3(C)C(=CC[C@@H]4[C@@]5(C)CC[C@H](O)C(C)(C)[C@@H]5CC[C@]43C)[C@@H]2C1. The molecule has 0 spiro atoms. The molecule has 0 radical (unpaired) electrons. The number of carboxylic acid groups (broad SMARTS) is 2. The van der Waals surface area contributed by atoms with Gasteiger partial charge in [0.2, 0.25) is 5.91 Å². The van der Waals surface area contributed by atoms with Crippen LogP contribution in [0.2, 0.25) is 0 Å². The van der Waals surface area contributed by atoms with Crippen molar-refractivity contribution in [1.29, 1.82) is 0 Å². The molecule has 9 atom stereocenters. The summed E-state index contributed by atoms with van der Waals surface area (Å²) in [5.74, 6) is -1.83. The summed E-state index contributed by atoms with van der Waals surface area (Å²) in [5.41, 5.74) is 0.775. The van der Waals surface area contributed by atoms with Crippen molar-refractivity contribution in [3.8, 4) is 0 Å². The van der Waals surface area contributed by atoms with Crippen LogP contribution in [0.4, 0.5) is 0 Å². The Morgan fingerprint density at radius 3 is 2.20 bits per heavy atom. The molecule has 0 aromatic heterocycles. The number of aliphatic carboxylic acids is 2. The Kier molecular flexibility index (Phi) is 7.12. The van der Waals surface area contributed by atoms with E-state index in [4.69, 9.17) is 0 Å². The Morgan fingerprint density at radius 2 is 1.56 bits per heavy atom. The van der Waals surface area contributed by atoms with E-state index in [-0.39, 0.29) is 45.0 Å². The molecule has 0 saturated heterocycles. The molecule has 0 heterocycles. The number of fused-ring (bicyclic) bond motifs is 7. The minimum Gasteiger partial charge on any atom is -0.481 e. The lowest BCUT2D eigenvalue weighted by Crippen LogP contribution is -2.65. The Hall–Kier alpha value is -1.89. The van der Waals surface area contributed by atoms with E-state index in [0.717, 1.165) is 51.4 Å². The second-order valence-electron chi connectivity index (χ2n) is 16.7. The maximum Gasteiger partial charge on any atom is 0.326 e. The van der Waals surface area contributed by atoms with E-state index in [0.29, 0.717) is 24.7 Å². The number of amides is 1. The van der Waals surface area contributed by atoms with Crippen LogP contribution >= 0.6 is 0 Å². The molecule has 4 saturated carbocycles. The molecule has 7 nitrogen and oxygen atoms in total. The Labute approximate surface area is 245 Å². The molecule has 0 bridgehead atoms. The molecule has 4 fully saturated rings. The van der Waals surface area contributed by atoms with Crippen molar-refractivity contribution in [2.45, 2.75) is 131 Å². The molecule has 5 aliphatic rings. The minimum atomic E-state index is -1.43. The van der Waals surface area contributed by atoms with E-state index in [1.165, 1.54) is 5.57 Å². The van der Waals surface area contributed by atoms with E-state index < -0.39 is 29.8 Å². The summed E-state index contributed by atoms with van der Waals surface area (Å²) in [7, 11) is 0. The van der Waals surface area contributed by atoms with E-state index in [1.807, 2.05) is 0 Å². The van der Waals surface area contributed by atoms with Gasteiger partial charge in [-0.15, -0.1) is 0 Å². The van der Waals surface area contributed by atoms with Gasteiger partial charge < -0.3 is 20.6 Å². The number of carbonyl (C=O) groups is 3. The second-order valence-corrected chi connectivity index (χ2v) is 16.7. The van der Waals surface area contributed by atoms with Crippen molar-refractivity contribution in [3.05, 3.63) is 11.6 Å². The average molecular weight is 572 g/mol. The molecule has 41 heavy (non-hydrogen) atoms. The fraction of sp³-hybridized carbons (Fsp3) is 0.853. The molecule has 4 N–H and O–H groups in total. The largest absolute Gasteiger partial charge is 0.481 e. The summed E-state index contributed by atoms with van der Waals surface area (Å²) in [6.45, 7) is 16.5. The lowest BCUT2D eigenvalue weighted by Gasteiger charge is -2.71. The lowest BCUT2D eigenvalue weighted by atomic mass is 9.33. The molecule has 7 heteroatoms. The summed E-state index contributed by atoms with van der Waals surface area (Å²) in [5, 5.41) is 32.7. The maximum absolute atomic E-state index is 14.1. The van der Waals surface area contributed by atoms with Crippen molar-refractivity contribution in [3.63, 3.8) is 0 Å². The zero-order valence-electron chi connectivity index (χ0n) is 26.3. The zero-order valence-corrected chi connectivity index (χ0v) is 26.3. The molecule has 230 valence electrons. The molecular weight excluding hydrogens is 518 g/mol. The third-order valence-corrected chi connectivity index (χ3v) is 14.1. The normalized spacial score (nSPS) is 45.0. The first kappa shape index (κ1) is 30.6. The molecular formula is C34H53NO6. The zero-order chi connectivity index (χ0) is 30.4. The van der Waals surface area contributed by atoms with Gasteiger partial charge in [0.25, 0.3) is 0 Å². The Morgan fingerprint density at radius 1 is 0.902 bits per heavy atom. The van der Waals surface area contributed by atoms with Crippen molar-refractivity contribution >= 4 is 17.8 Å². The highest BCUT2D eigenvalue weighted by atomic mass is 16.4. The molecule has 0 aliphatic heterocycles. The fourth-order valence-corrected chi connectivity index (χ4v) is 11.3. The van der Waals surface area contributed by atoms with Gasteiger partial charge in [-0.05, 0) is 109 Å². The number of aliphatic hydroxyl groups excluding tert-OH is 1. The Bertz CT molecular complexity index is 1160. The van der Waals surface area contributed by atoms with Gasteiger partial charge in [-0.3, -0.25) is 9.59 Å². The van der Waals surface area contributed by atoms with Crippen molar-refractivity contribution < 1.29 is 29.7 Å². The smallest absolute Gasteiger partial charge is 0.326 e. The van der Waals surface area contributed by atoms with Crippen LogP contribution in [-0.2, 0) is 14.4 Å². The van der Waals surface area contributed by atoms with Gasteiger partial charge in [0.05, 0.1) is 17.9 Å². The van der Waals surface area contributed by atoms with Crippen molar-refractivity contribution in [2.24, 2.45) is 50.2 Å². The van der Waals surface area contributed by atoms with Crippen molar-refractivity contribution in [2.75, 3.05) is 0 Å². The number of aliphatic hydroxyl groups is 1. The second kappa shape index (κ2) is 9.56. The molecule has 5 rings (SSSR count). The van der Waals surface area contributed by atoms with Gasteiger partial charge >= 0.3 is 11.9 Å². The van der Waals surface area contributed by atoms with Crippen LogP contribution in [0.1, 0.15) is 119 Å². The number of hydrogen-bond donors (Lipinski definition) is 4. The summed E-state index contributed by atoms with van der Waals surface area (Å²) in [6, 6.07) is -1.43. The predicted octanol–water partition coefficient (Wildman–Crippen LogP) is 6.19. The third-order valence-electron chi connectivity index (χ3n) is 14.1. The van der Waals surface area contributed by atoms with Crippen LogP contribution in [-0.4, -0.2) is 45.3 Å². The maximum atomic E-state index is 14.1. The number of allylic oxidation sites excluding steroid dienone is 2. The standard InChI is InChI=1S/C34H53NO6/c1-29(2)14-16-34(28(41)35-22(27(39)40)18-26(37)38)17-15-32(6)20(21(34)19-29)8-9-24-31(5)12-11-25(36)30(3,4)23(31)10-13-33(24,32)7/h8,21-25,36H,9-19H2,1-7H3,(H,35,41)(H,37,38)(H,39,40)/t21-,22-,23-,24+,25-,31-,32+,33+,34-/m0/s1. The highest BCUT2D eigenvalue weighted by Crippen LogP contribution is 2.75. The first-order chi connectivity index (χ1) is 18.8. The van der Waals surface area contributed by atoms with Gasteiger partial charge in [-0.2, -0.15) is 0 Å². The number of carbonyl (C=O) groups excluding carboxylic acids is 1. The third kappa shape index (κ3) is 4.33. The molecule has 0 unspecified atom stereocenters. The minimum absolute atomic E-state index is 0.0113.